The van der Waals surface area contributed by atoms with E-state index in [0.717, 1.165) is 44.1 Å². The van der Waals surface area contributed by atoms with Crippen molar-refractivity contribution in [1.29, 1.82) is 0 Å². The highest BCUT2D eigenvalue weighted by atomic mass is 32.1. The Kier molecular flexibility index (Phi) is 2.32. The van der Waals surface area contributed by atoms with Crippen LogP contribution in [0.3, 0.4) is 0 Å². The molecule has 102 valence electrons. The average Bonchev–Trinajstić information content (AvgIpc) is 3.00. The molecule has 0 bridgehead atoms. The lowest BCUT2D eigenvalue weighted by Crippen LogP contribution is -2.15. The molecular formula is C14H13N3O2S. The minimum atomic E-state index is -0.0367. The predicted molar refractivity (Wildman–Crippen MR) is 78.7 cm³/mol. The quantitative estimate of drug-likeness (QED) is 0.722. The highest BCUT2D eigenvalue weighted by Crippen LogP contribution is 2.47. The Morgan fingerprint density at radius 1 is 1.40 bits per heavy atom. The first kappa shape index (κ1) is 11.7. The van der Waals surface area contributed by atoms with Gasteiger partial charge in [-0.2, -0.15) is 5.10 Å². The summed E-state index contributed by atoms with van der Waals surface area (Å²) in [6.07, 6.45) is 2.70. The van der Waals surface area contributed by atoms with Crippen molar-refractivity contribution in [3.05, 3.63) is 33.5 Å². The molecule has 0 amide bonds. The summed E-state index contributed by atoms with van der Waals surface area (Å²) in [6, 6.07) is 0. The van der Waals surface area contributed by atoms with Crippen LogP contribution in [0.4, 0.5) is 0 Å². The fourth-order valence-electron chi connectivity index (χ4n) is 2.81. The monoisotopic (exact) mass is 287 g/mol. The number of H-pyrrole nitrogens is 2. The van der Waals surface area contributed by atoms with Gasteiger partial charge in [-0.05, 0) is 19.4 Å². The zero-order valence-electron chi connectivity index (χ0n) is 11.2. The minimum absolute atomic E-state index is 0.0367. The smallest absolute Gasteiger partial charge is 0.266 e. The van der Waals surface area contributed by atoms with E-state index in [0.29, 0.717) is 6.61 Å². The van der Waals surface area contributed by atoms with Crippen LogP contribution in [0.5, 0.6) is 5.75 Å². The number of rotatable bonds is 1. The van der Waals surface area contributed by atoms with Crippen molar-refractivity contribution in [2.45, 2.75) is 20.3 Å². The second kappa shape index (κ2) is 3.96. The number of ether oxygens (including phenoxy) is 1. The van der Waals surface area contributed by atoms with Crippen molar-refractivity contribution >= 4 is 21.4 Å². The van der Waals surface area contributed by atoms with E-state index in [2.05, 4.69) is 15.2 Å². The first-order chi connectivity index (χ1) is 9.66. The van der Waals surface area contributed by atoms with Crippen LogP contribution in [0.2, 0.25) is 0 Å². The molecular weight excluding hydrogens is 274 g/mol. The molecule has 20 heavy (non-hydrogen) atoms. The molecule has 4 heterocycles. The fourth-order valence-corrected chi connectivity index (χ4v) is 4.05. The van der Waals surface area contributed by atoms with E-state index in [9.17, 15) is 4.79 Å². The van der Waals surface area contributed by atoms with Crippen molar-refractivity contribution in [3.63, 3.8) is 0 Å². The molecule has 1 aliphatic heterocycles. The lowest BCUT2D eigenvalue weighted by Gasteiger charge is -2.16. The summed E-state index contributed by atoms with van der Waals surface area (Å²) in [7, 11) is 0. The molecule has 0 saturated carbocycles. The van der Waals surface area contributed by atoms with Crippen molar-refractivity contribution in [1.82, 2.24) is 15.2 Å². The van der Waals surface area contributed by atoms with Gasteiger partial charge in [-0.3, -0.25) is 9.89 Å². The maximum atomic E-state index is 12.2. The average molecular weight is 287 g/mol. The zero-order chi connectivity index (χ0) is 13.9. The summed E-state index contributed by atoms with van der Waals surface area (Å²) in [6.45, 7) is 4.55. The lowest BCUT2D eigenvalue weighted by molar-refractivity contribution is 0.320. The van der Waals surface area contributed by atoms with Gasteiger partial charge < -0.3 is 9.72 Å². The Balaban J connectivity index is 2.16. The Labute approximate surface area is 118 Å². The Bertz CT molecular complexity index is 888. The summed E-state index contributed by atoms with van der Waals surface area (Å²) in [5.41, 5.74) is 4.03. The van der Waals surface area contributed by atoms with Gasteiger partial charge in [-0.15, -0.1) is 11.3 Å². The number of aromatic nitrogens is 3. The number of hydrogen-bond donors (Lipinski definition) is 2. The third-order valence-corrected chi connectivity index (χ3v) is 5.00. The lowest BCUT2D eigenvalue weighted by atomic mass is 10.0. The Morgan fingerprint density at radius 3 is 3.00 bits per heavy atom. The summed E-state index contributed by atoms with van der Waals surface area (Å²) in [5, 5.41) is 8.01. The normalized spacial score (nSPS) is 13.7. The molecule has 0 fully saturated rings. The topological polar surface area (TPSA) is 70.8 Å². The first-order valence-corrected chi connectivity index (χ1v) is 7.30. The molecule has 4 rings (SSSR count). The van der Waals surface area contributed by atoms with Crippen molar-refractivity contribution in [2.75, 3.05) is 6.61 Å². The van der Waals surface area contributed by atoms with Crippen LogP contribution in [0, 0.1) is 13.8 Å². The van der Waals surface area contributed by atoms with Gasteiger partial charge >= 0.3 is 0 Å². The molecule has 3 aromatic heterocycles. The second-order valence-electron chi connectivity index (χ2n) is 5.00. The molecule has 0 aliphatic carbocycles. The van der Waals surface area contributed by atoms with Crippen molar-refractivity contribution in [2.24, 2.45) is 0 Å². The van der Waals surface area contributed by atoms with E-state index in [-0.39, 0.29) is 5.56 Å². The SMILES string of the molecule is Cc1n[nH]cc1-c1sc2c(=O)[nH]c(C)c3c2c1OCC3. The van der Waals surface area contributed by atoms with Gasteiger partial charge in [0.2, 0.25) is 0 Å². The number of nitrogens with zero attached hydrogens (tertiary/aromatic N) is 1. The minimum Gasteiger partial charge on any atom is -0.491 e. The predicted octanol–water partition coefficient (Wildman–Crippen LogP) is 2.53. The highest BCUT2D eigenvalue weighted by Gasteiger charge is 2.26. The van der Waals surface area contributed by atoms with E-state index in [1.54, 1.807) is 0 Å². The van der Waals surface area contributed by atoms with Crippen LogP contribution in [-0.2, 0) is 6.42 Å². The summed E-state index contributed by atoms with van der Waals surface area (Å²) < 4.78 is 6.62. The molecule has 0 radical (unpaired) electrons. The van der Waals surface area contributed by atoms with Crippen LogP contribution in [0.1, 0.15) is 17.0 Å². The molecule has 0 unspecified atom stereocenters. The number of aryl methyl sites for hydroxylation is 2. The van der Waals surface area contributed by atoms with Gasteiger partial charge in [-0.1, -0.05) is 0 Å². The molecule has 0 atom stereocenters. The molecule has 3 aromatic rings. The van der Waals surface area contributed by atoms with E-state index in [1.807, 2.05) is 20.0 Å². The molecule has 0 spiro atoms. The van der Waals surface area contributed by atoms with E-state index >= 15 is 0 Å². The van der Waals surface area contributed by atoms with E-state index < -0.39 is 0 Å². The fraction of sp³-hybridized carbons (Fsp3) is 0.286. The number of thiophene rings is 1. The maximum Gasteiger partial charge on any atom is 0.266 e. The number of aromatic amines is 2. The van der Waals surface area contributed by atoms with Crippen LogP contribution >= 0.6 is 11.3 Å². The highest BCUT2D eigenvalue weighted by molar-refractivity contribution is 7.22. The standard InChI is InChI=1S/C14H13N3O2S/c1-6-8-3-4-19-11-10(8)13(14(18)16-6)20-12(11)9-5-15-17-7(9)2/h5H,3-4H2,1-2H3,(H,15,17)(H,16,18). The van der Waals surface area contributed by atoms with Gasteiger partial charge in [0, 0.05) is 29.3 Å². The Hall–Kier alpha value is -2.08. The first-order valence-electron chi connectivity index (χ1n) is 6.48. The summed E-state index contributed by atoms with van der Waals surface area (Å²) in [5.74, 6) is 0.838. The second-order valence-corrected chi connectivity index (χ2v) is 6.03. The zero-order valence-corrected chi connectivity index (χ0v) is 12.0. The third kappa shape index (κ3) is 1.42. The van der Waals surface area contributed by atoms with Crippen LogP contribution in [0.25, 0.3) is 20.5 Å². The molecule has 2 N–H and O–H groups in total. The molecule has 1 aliphatic rings. The van der Waals surface area contributed by atoms with Gasteiger partial charge in [0.25, 0.3) is 5.56 Å². The van der Waals surface area contributed by atoms with Crippen molar-refractivity contribution < 1.29 is 4.74 Å². The van der Waals surface area contributed by atoms with Gasteiger partial charge in [-0.25, -0.2) is 0 Å². The summed E-state index contributed by atoms with van der Waals surface area (Å²) in [4.78, 5) is 16.1. The number of nitrogens with one attached hydrogen (secondary N) is 2. The molecule has 6 heteroatoms. The van der Waals surface area contributed by atoms with E-state index in [1.165, 1.54) is 16.9 Å². The van der Waals surface area contributed by atoms with Gasteiger partial charge in [0.1, 0.15) is 10.4 Å². The largest absolute Gasteiger partial charge is 0.491 e. The number of pyridine rings is 1. The third-order valence-electron chi connectivity index (χ3n) is 3.80. The molecule has 0 aromatic carbocycles. The van der Waals surface area contributed by atoms with Crippen LogP contribution in [-0.4, -0.2) is 21.8 Å². The maximum absolute atomic E-state index is 12.2. The van der Waals surface area contributed by atoms with E-state index in [4.69, 9.17) is 4.74 Å². The van der Waals surface area contributed by atoms with Gasteiger partial charge in [0.05, 0.1) is 17.2 Å². The molecule has 0 saturated heterocycles. The number of hydrogen-bond acceptors (Lipinski definition) is 4. The molecule has 5 nitrogen and oxygen atoms in total. The van der Waals surface area contributed by atoms with Crippen LogP contribution < -0.4 is 10.3 Å². The van der Waals surface area contributed by atoms with Crippen LogP contribution in [0.15, 0.2) is 11.0 Å². The van der Waals surface area contributed by atoms with Crippen molar-refractivity contribution in [3.8, 4) is 16.2 Å². The Morgan fingerprint density at radius 2 is 2.25 bits per heavy atom. The van der Waals surface area contributed by atoms with Gasteiger partial charge in [0.15, 0.2) is 0 Å². The summed E-state index contributed by atoms with van der Waals surface area (Å²) >= 11 is 1.48.